The summed E-state index contributed by atoms with van der Waals surface area (Å²) < 4.78 is 4.99. The van der Waals surface area contributed by atoms with Crippen LogP contribution in [0.3, 0.4) is 0 Å². The molecular formula is C17H24N6O2. The van der Waals surface area contributed by atoms with Gasteiger partial charge in [-0.05, 0) is 26.7 Å². The molecule has 134 valence electrons. The summed E-state index contributed by atoms with van der Waals surface area (Å²) in [6.45, 7) is 4.70. The van der Waals surface area contributed by atoms with Crippen LogP contribution in [0.1, 0.15) is 48.7 Å². The number of anilines is 1. The standard InChI is InChI=1S/C17H24N6O2/c1-11-16(12(2)22-21-11)13-7-5-4-6-8-23(13)17(24)20-14-9-19-15(25-3)10-18-14/h9-10,13H,4-8H2,1-3H3,(H,21,22)(H,18,20,24). The molecule has 0 spiro atoms. The van der Waals surface area contributed by atoms with Crippen molar-refractivity contribution in [2.75, 3.05) is 19.0 Å². The first-order chi connectivity index (χ1) is 12.1. The van der Waals surface area contributed by atoms with Crippen LogP contribution in [0.25, 0.3) is 0 Å². The second kappa shape index (κ2) is 7.50. The van der Waals surface area contributed by atoms with Crippen molar-refractivity contribution in [2.24, 2.45) is 0 Å². The van der Waals surface area contributed by atoms with Crippen molar-refractivity contribution in [2.45, 2.75) is 45.6 Å². The number of carbonyl (C=O) groups is 1. The minimum Gasteiger partial charge on any atom is -0.480 e. The quantitative estimate of drug-likeness (QED) is 0.892. The number of rotatable bonds is 3. The highest BCUT2D eigenvalue weighted by atomic mass is 16.5. The highest BCUT2D eigenvalue weighted by Crippen LogP contribution is 2.33. The van der Waals surface area contributed by atoms with Gasteiger partial charge in [-0.2, -0.15) is 5.10 Å². The molecule has 1 unspecified atom stereocenters. The van der Waals surface area contributed by atoms with Crippen LogP contribution in [0.4, 0.5) is 10.6 Å². The van der Waals surface area contributed by atoms with Gasteiger partial charge in [-0.25, -0.2) is 14.8 Å². The van der Waals surface area contributed by atoms with Gasteiger partial charge < -0.3 is 9.64 Å². The number of amides is 2. The summed E-state index contributed by atoms with van der Waals surface area (Å²) in [6.07, 6.45) is 7.13. The predicted molar refractivity (Wildman–Crippen MR) is 93.6 cm³/mol. The monoisotopic (exact) mass is 344 g/mol. The fourth-order valence-electron chi connectivity index (χ4n) is 3.37. The number of aromatic nitrogens is 4. The zero-order valence-electron chi connectivity index (χ0n) is 14.9. The number of carbonyl (C=O) groups excluding carboxylic acids is 1. The Balaban J connectivity index is 1.81. The predicted octanol–water partition coefficient (Wildman–Crippen LogP) is 2.97. The molecule has 2 amide bonds. The maximum atomic E-state index is 12.9. The van der Waals surface area contributed by atoms with E-state index >= 15 is 0 Å². The molecule has 8 heteroatoms. The highest BCUT2D eigenvalue weighted by Gasteiger charge is 2.30. The van der Waals surface area contributed by atoms with Gasteiger partial charge in [-0.3, -0.25) is 10.4 Å². The van der Waals surface area contributed by atoms with E-state index in [1.54, 1.807) is 0 Å². The van der Waals surface area contributed by atoms with Gasteiger partial charge in [0, 0.05) is 17.8 Å². The van der Waals surface area contributed by atoms with Crippen LogP contribution < -0.4 is 10.1 Å². The maximum Gasteiger partial charge on any atom is 0.323 e. The first-order valence-electron chi connectivity index (χ1n) is 8.55. The SMILES string of the molecule is COc1cnc(NC(=O)N2CCCCCC2c2c(C)n[nH]c2C)cn1. The summed E-state index contributed by atoms with van der Waals surface area (Å²) in [5.74, 6) is 0.824. The average molecular weight is 344 g/mol. The number of nitrogens with one attached hydrogen (secondary N) is 2. The molecule has 1 atom stereocenters. The van der Waals surface area contributed by atoms with Crippen molar-refractivity contribution >= 4 is 11.8 Å². The van der Waals surface area contributed by atoms with E-state index in [1.165, 1.54) is 19.5 Å². The van der Waals surface area contributed by atoms with Crippen LogP contribution in [0.15, 0.2) is 12.4 Å². The maximum absolute atomic E-state index is 12.9. The number of aromatic amines is 1. The molecule has 1 aliphatic heterocycles. The molecule has 2 N–H and O–H groups in total. The van der Waals surface area contributed by atoms with Crippen LogP contribution in [0, 0.1) is 13.8 Å². The van der Waals surface area contributed by atoms with Crippen molar-refractivity contribution in [1.29, 1.82) is 0 Å². The van der Waals surface area contributed by atoms with Gasteiger partial charge >= 0.3 is 6.03 Å². The fourth-order valence-corrected chi connectivity index (χ4v) is 3.37. The highest BCUT2D eigenvalue weighted by molar-refractivity contribution is 5.88. The molecule has 0 saturated carbocycles. The zero-order chi connectivity index (χ0) is 17.8. The largest absolute Gasteiger partial charge is 0.480 e. The summed E-state index contributed by atoms with van der Waals surface area (Å²) in [5, 5.41) is 10.2. The van der Waals surface area contributed by atoms with E-state index in [0.717, 1.165) is 42.6 Å². The Morgan fingerprint density at radius 2 is 2.12 bits per heavy atom. The third-order valence-electron chi connectivity index (χ3n) is 4.60. The summed E-state index contributed by atoms with van der Waals surface area (Å²) in [7, 11) is 1.53. The van der Waals surface area contributed by atoms with E-state index in [0.29, 0.717) is 18.2 Å². The molecule has 1 aliphatic rings. The molecular weight excluding hydrogens is 320 g/mol. The normalized spacial score (nSPS) is 17.9. The van der Waals surface area contributed by atoms with Crippen molar-refractivity contribution in [3.05, 3.63) is 29.3 Å². The third kappa shape index (κ3) is 3.72. The third-order valence-corrected chi connectivity index (χ3v) is 4.60. The van der Waals surface area contributed by atoms with Crippen molar-refractivity contribution < 1.29 is 9.53 Å². The van der Waals surface area contributed by atoms with E-state index < -0.39 is 0 Å². The molecule has 3 rings (SSSR count). The lowest BCUT2D eigenvalue weighted by molar-refractivity contribution is 0.189. The molecule has 2 aromatic rings. The van der Waals surface area contributed by atoms with Crippen molar-refractivity contribution in [3.8, 4) is 5.88 Å². The van der Waals surface area contributed by atoms with Gasteiger partial charge in [0.2, 0.25) is 5.88 Å². The van der Waals surface area contributed by atoms with Gasteiger partial charge in [0.15, 0.2) is 5.82 Å². The summed E-state index contributed by atoms with van der Waals surface area (Å²) in [5.41, 5.74) is 3.09. The number of H-pyrrole nitrogens is 1. The Morgan fingerprint density at radius 1 is 1.28 bits per heavy atom. The molecule has 1 fully saturated rings. The van der Waals surface area contributed by atoms with E-state index in [1.807, 2.05) is 18.7 Å². The van der Waals surface area contributed by atoms with E-state index in [9.17, 15) is 4.79 Å². The van der Waals surface area contributed by atoms with Crippen molar-refractivity contribution in [1.82, 2.24) is 25.1 Å². The number of nitrogens with zero attached hydrogens (tertiary/aromatic N) is 4. The smallest absolute Gasteiger partial charge is 0.323 e. The number of aryl methyl sites for hydroxylation is 2. The van der Waals surface area contributed by atoms with Gasteiger partial charge in [-0.15, -0.1) is 0 Å². The Morgan fingerprint density at radius 3 is 2.76 bits per heavy atom. The molecule has 0 radical (unpaired) electrons. The fraction of sp³-hybridized carbons (Fsp3) is 0.529. The zero-order valence-corrected chi connectivity index (χ0v) is 14.9. The van der Waals surface area contributed by atoms with Crippen LogP contribution in [-0.4, -0.2) is 44.8 Å². The molecule has 8 nitrogen and oxygen atoms in total. The number of hydrogen-bond acceptors (Lipinski definition) is 5. The van der Waals surface area contributed by atoms with Gasteiger partial charge in [0.1, 0.15) is 0 Å². The molecule has 0 aromatic carbocycles. The Hall–Kier alpha value is -2.64. The van der Waals surface area contributed by atoms with Crippen LogP contribution in [-0.2, 0) is 0 Å². The van der Waals surface area contributed by atoms with Crippen LogP contribution in [0.5, 0.6) is 5.88 Å². The molecule has 2 aromatic heterocycles. The van der Waals surface area contributed by atoms with E-state index in [4.69, 9.17) is 4.74 Å². The number of likely N-dealkylation sites (tertiary alicyclic amines) is 1. The van der Waals surface area contributed by atoms with Gasteiger partial charge in [-0.1, -0.05) is 12.8 Å². The second-order valence-electron chi connectivity index (χ2n) is 6.28. The lowest BCUT2D eigenvalue weighted by atomic mass is 9.99. The van der Waals surface area contributed by atoms with Gasteiger partial charge in [0.05, 0.1) is 31.2 Å². The lowest BCUT2D eigenvalue weighted by Gasteiger charge is -2.30. The molecule has 25 heavy (non-hydrogen) atoms. The van der Waals surface area contributed by atoms with Crippen LogP contribution >= 0.6 is 0 Å². The van der Waals surface area contributed by atoms with E-state index in [2.05, 4.69) is 25.5 Å². The molecule has 0 bridgehead atoms. The first kappa shape index (κ1) is 17.2. The number of urea groups is 1. The number of methoxy groups -OCH3 is 1. The Kier molecular flexibility index (Phi) is 5.16. The summed E-state index contributed by atoms with van der Waals surface area (Å²) in [4.78, 5) is 23.0. The first-order valence-corrected chi connectivity index (χ1v) is 8.55. The molecule has 0 aliphatic carbocycles. The minimum atomic E-state index is -0.161. The minimum absolute atomic E-state index is 0.0208. The molecule has 1 saturated heterocycles. The van der Waals surface area contributed by atoms with Gasteiger partial charge in [0.25, 0.3) is 0 Å². The number of hydrogen-bond donors (Lipinski definition) is 2. The lowest BCUT2D eigenvalue weighted by Crippen LogP contribution is -2.38. The Bertz CT molecular complexity index is 708. The average Bonchev–Trinajstić information content (AvgIpc) is 2.82. The summed E-state index contributed by atoms with van der Waals surface area (Å²) >= 11 is 0. The number of ether oxygens (including phenoxy) is 1. The molecule has 3 heterocycles. The topological polar surface area (TPSA) is 96.0 Å². The summed E-state index contributed by atoms with van der Waals surface area (Å²) in [6, 6.07) is -0.140. The Labute approximate surface area is 147 Å². The second-order valence-corrected chi connectivity index (χ2v) is 6.28. The van der Waals surface area contributed by atoms with E-state index in [-0.39, 0.29) is 12.1 Å². The van der Waals surface area contributed by atoms with Crippen LogP contribution in [0.2, 0.25) is 0 Å². The van der Waals surface area contributed by atoms with Crippen molar-refractivity contribution in [3.63, 3.8) is 0 Å².